The number of ether oxygens (including phenoxy) is 2. The molecule has 1 aromatic heterocycles. The number of nitrogens with zero attached hydrogens (tertiary/aromatic N) is 1. The number of thiocarbonyl (C=S) groups is 1. The van der Waals surface area contributed by atoms with Crippen molar-refractivity contribution in [2.75, 3.05) is 7.11 Å². The number of hydrogen-bond acceptors (Lipinski definition) is 4. The number of rotatable bonds is 5. The molecule has 2 rings (SSSR count). The Hall–Kier alpha value is -1.66. The molecule has 2 aromatic rings. The van der Waals surface area contributed by atoms with E-state index in [-0.39, 0.29) is 0 Å². The largest absolute Gasteiger partial charge is 0.493 e. The maximum absolute atomic E-state index is 5.70. The fourth-order valence-corrected chi connectivity index (χ4v) is 1.95. The lowest BCUT2D eigenvalue weighted by molar-refractivity contribution is 0.280. The summed E-state index contributed by atoms with van der Waals surface area (Å²) >= 11 is 8.27. The zero-order valence-electron chi connectivity index (χ0n) is 10.8. The van der Waals surface area contributed by atoms with Crippen LogP contribution in [0.4, 0.5) is 0 Å². The summed E-state index contributed by atoms with van der Waals surface area (Å²) in [5.41, 5.74) is 7.16. The van der Waals surface area contributed by atoms with Crippen molar-refractivity contribution in [2.45, 2.75) is 6.61 Å². The van der Waals surface area contributed by atoms with Crippen molar-refractivity contribution in [2.24, 2.45) is 5.73 Å². The standard InChI is InChI=1S/C14H13BrN2O2S/c1-18-13-6-9(14(16)20)2-5-12(13)19-8-11-4-3-10(15)7-17-11/h2-7H,8H2,1H3,(H2,16,20). The first-order valence-corrected chi connectivity index (χ1v) is 7.01. The van der Waals surface area contributed by atoms with Gasteiger partial charge in [0.2, 0.25) is 0 Å². The van der Waals surface area contributed by atoms with E-state index in [0.717, 1.165) is 15.7 Å². The van der Waals surface area contributed by atoms with E-state index in [2.05, 4.69) is 20.9 Å². The molecule has 0 aliphatic rings. The Morgan fingerprint density at radius 3 is 2.70 bits per heavy atom. The fourth-order valence-electron chi connectivity index (χ4n) is 1.58. The summed E-state index contributed by atoms with van der Waals surface area (Å²) < 4.78 is 11.9. The highest BCUT2D eigenvalue weighted by Gasteiger charge is 2.07. The van der Waals surface area contributed by atoms with Crippen LogP contribution in [0, 0.1) is 0 Å². The van der Waals surface area contributed by atoms with Crippen molar-refractivity contribution in [1.29, 1.82) is 0 Å². The quantitative estimate of drug-likeness (QED) is 0.838. The lowest BCUT2D eigenvalue weighted by Crippen LogP contribution is -2.09. The molecule has 0 amide bonds. The zero-order chi connectivity index (χ0) is 14.5. The lowest BCUT2D eigenvalue weighted by atomic mass is 10.2. The second-order valence-corrected chi connectivity index (χ2v) is 5.34. The Balaban J connectivity index is 2.12. The van der Waals surface area contributed by atoms with Gasteiger partial charge in [-0.05, 0) is 46.3 Å². The maximum atomic E-state index is 5.70. The molecule has 0 unspecified atom stereocenters. The normalized spacial score (nSPS) is 10.1. The molecule has 1 aromatic carbocycles. The minimum atomic E-state index is 0.324. The predicted octanol–water partition coefficient (Wildman–Crippen LogP) is 3.07. The van der Waals surface area contributed by atoms with Crippen molar-refractivity contribution < 1.29 is 9.47 Å². The third kappa shape index (κ3) is 3.68. The van der Waals surface area contributed by atoms with Crippen LogP contribution in [0.2, 0.25) is 0 Å². The molecule has 0 aliphatic heterocycles. The van der Waals surface area contributed by atoms with Crippen LogP contribution in [-0.4, -0.2) is 17.1 Å². The second-order valence-electron chi connectivity index (χ2n) is 3.99. The van der Waals surface area contributed by atoms with Gasteiger partial charge in [-0.1, -0.05) is 12.2 Å². The van der Waals surface area contributed by atoms with E-state index in [1.165, 1.54) is 0 Å². The van der Waals surface area contributed by atoms with Crippen LogP contribution in [-0.2, 0) is 6.61 Å². The van der Waals surface area contributed by atoms with Gasteiger partial charge in [-0.3, -0.25) is 4.98 Å². The summed E-state index contributed by atoms with van der Waals surface area (Å²) in [5, 5.41) is 0. The van der Waals surface area contributed by atoms with Gasteiger partial charge in [0.15, 0.2) is 11.5 Å². The van der Waals surface area contributed by atoms with Crippen molar-refractivity contribution >= 4 is 33.1 Å². The average molecular weight is 353 g/mol. The summed E-state index contributed by atoms with van der Waals surface area (Å²) in [6, 6.07) is 9.15. The van der Waals surface area contributed by atoms with Gasteiger partial charge < -0.3 is 15.2 Å². The van der Waals surface area contributed by atoms with E-state index in [4.69, 9.17) is 27.4 Å². The van der Waals surface area contributed by atoms with Gasteiger partial charge in [-0.25, -0.2) is 0 Å². The van der Waals surface area contributed by atoms with Gasteiger partial charge in [-0.15, -0.1) is 0 Å². The van der Waals surface area contributed by atoms with E-state index >= 15 is 0 Å². The van der Waals surface area contributed by atoms with Gasteiger partial charge in [0.05, 0.1) is 12.8 Å². The number of hydrogen-bond donors (Lipinski definition) is 1. The van der Waals surface area contributed by atoms with Crippen molar-refractivity contribution in [3.8, 4) is 11.5 Å². The number of pyridine rings is 1. The Morgan fingerprint density at radius 2 is 2.10 bits per heavy atom. The van der Waals surface area contributed by atoms with Crippen LogP contribution >= 0.6 is 28.1 Å². The molecule has 1 heterocycles. The monoisotopic (exact) mass is 352 g/mol. The maximum Gasteiger partial charge on any atom is 0.161 e. The Labute approximate surface area is 131 Å². The van der Waals surface area contributed by atoms with Crippen LogP contribution in [0.5, 0.6) is 11.5 Å². The van der Waals surface area contributed by atoms with Crippen LogP contribution < -0.4 is 15.2 Å². The molecule has 0 radical (unpaired) electrons. The Morgan fingerprint density at radius 1 is 1.30 bits per heavy atom. The smallest absolute Gasteiger partial charge is 0.161 e. The highest BCUT2D eigenvalue weighted by molar-refractivity contribution is 9.10. The lowest BCUT2D eigenvalue weighted by Gasteiger charge is -2.11. The first-order valence-electron chi connectivity index (χ1n) is 5.81. The molecule has 0 fully saturated rings. The van der Waals surface area contributed by atoms with Crippen molar-refractivity contribution in [3.63, 3.8) is 0 Å². The average Bonchev–Trinajstić information content (AvgIpc) is 2.46. The number of benzene rings is 1. The van der Waals surface area contributed by atoms with E-state index in [1.807, 2.05) is 12.1 Å². The highest BCUT2D eigenvalue weighted by atomic mass is 79.9. The second kappa shape index (κ2) is 6.67. The summed E-state index contributed by atoms with van der Waals surface area (Å²) in [5.74, 6) is 1.21. The molecular formula is C14H13BrN2O2S. The van der Waals surface area contributed by atoms with Gasteiger partial charge in [0.25, 0.3) is 0 Å². The van der Waals surface area contributed by atoms with Crippen molar-refractivity contribution in [3.05, 3.63) is 52.3 Å². The first-order chi connectivity index (χ1) is 9.60. The third-order valence-corrected chi connectivity index (χ3v) is 3.32. The van der Waals surface area contributed by atoms with Crippen LogP contribution in [0.15, 0.2) is 41.0 Å². The number of methoxy groups -OCH3 is 1. The van der Waals surface area contributed by atoms with Crippen LogP contribution in [0.3, 0.4) is 0 Å². The molecule has 0 aliphatic carbocycles. The predicted molar refractivity (Wildman–Crippen MR) is 85.2 cm³/mol. The molecule has 6 heteroatoms. The summed E-state index contributed by atoms with van der Waals surface area (Å²) in [6.45, 7) is 0.357. The molecule has 0 atom stereocenters. The number of halogens is 1. The van der Waals surface area contributed by atoms with Gasteiger partial charge >= 0.3 is 0 Å². The minimum Gasteiger partial charge on any atom is -0.493 e. The summed E-state index contributed by atoms with van der Waals surface area (Å²) in [7, 11) is 1.57. The highest BCUT2D eigenvalue weighted by Crippen LogP contribution is 2.28. The molecule has 2 N–H and O–H groups in total. The zero-order valence-corrected chi connectivity index (χ0v) is 13.2. The number of aromatic nitrogens is 1. The molecule has 0 bridgehead atoms. The van der Waals surface area contributed by atoms with Gasteiger partial charge in [0.1, 0.15) is 11.6 Å². The van der Waals surface area contributed by atoms with Crippen LogP contribution in [0.1, 0.15) is 11.3 Å². The van der Waals surface area contributed by atoms with Gasteiger partial charge in [-0.2, -0.15) is 0 Å². The molecule has 0 saturated carbocycles. The van der Waals surface area contributed by atoms with Crippen LogP contribution in [0.25, 0.3) is 0 Å². The topological polar surface area (TPSA) is 57.4 Å². The number of nitrogens with two attached hydrogens (primary N) is 1. The molecule has 104 valence electrons. The molecule has 20 heavy (non-hydrogen) atoms. The molecule has 0 saturated heterocycles. The van der Waals surface area contributed by atoms with Crippen molar-refractivity contribution in [1.82, 2.24) is 4.98 Å². The fraction of sp³-hybridized carbons (Fsp3) is 0.143. The van der Waals surface area contributed by atoms with E-state index in [9.17, 15) is 0 Å². The Kier molecular flexibility index (Phi) is 4.92. The minimum absolute atomic E-state index is 0.324. The summed E-state index contributed by atoms with van der Waals surface area (Å²) in [6.07, 6.45) is 1.73. The SMILES string of the molecule is COc1cc(C(N)=S)ccc1OCc1ccc(Br)cn1. The third-order valence-electron chi connectivity index (χ3n) is 2.61. The summed E-state index contributed by atoms with van der Waals surface area (Å²) in [4.78, 5) is 4.56. The first kappa shape index (κ1) is 14.7. The van der Waals surface area contributed by atoms with E-state index in [1.54, 1.807) is 31.5 Å². The molecule has 4 nitrogen and oxygen atoms in total. The van der Waals surface area contributed by atoms with E-state index in [0.29, 0.717) is 23.1 Å². The molecular weight excluding hydrogens is 340 g/mol. The van der Waals surface area contributed by atoms with E-state index < -0.39 is 0 Å². The Bertz CT molecular complexity index is 617. The van der Waals surface area contributed by atoms with Gasteiger partial charge in [0, 0.05) is 16.2 Å². The molecule has 0 spiro atoms.